The second-order valence-electron chi connectivity index (χ2n) is 7.65. The quantitative estimate of drug-likeness (QED) is 0.466. The topological polar surface area (TPSA) is 122 Å². The minimum atomic E-state index is -0.944. The van der Waals surface area contributed by atoms with Crippen molar-refractivity contribution >= 4 is 29.2 Å². The van der Waals surface area contributed by atoms with Crippen LogP contribution >= 0.6 is 0 Å². The third-order valence-electron chi connectivity index (χ3n) is 5.98. The summed E-state index contributed by atoms with van der Waals surface area (Å²) in [5.41, 5.74) is 0.262. The number of carbonyl (C=O) groups is 3. The fourth-order valence-corrected chi connectivity index (χ4v) is 4.07. The van der Waals surface area contributed by atoms with Gasteiger partial charge in [0.25, 0.3) is 11.6 Å². The second-order valence-corrected chi connectivity index (χ2v) is 7.65. The third-order valence-corrected chi connectivity index (χ3v) is 5.98. The Hall–Kier alpha value is -2.97. The van der Waals surface area contributed by atoms with E-state index in [9.17, 15) is 24.5 Å². The first-order chi connectivity index (χ1) is 13.2. The Morgan fingerprint density at radius 2 is 2.07 bits per heavy atom. The molecule has 9 nitrogen and oxygen atoms in total. The lowest BCUT2D eigenvalue weighted by Gasteiger charge is -2.36. The Labute approximate surface area is 162 Å². The van der Waals surface area contributed by atoms with E-state index in [0.29, 0.717) is 12.0 Å². The molecule has 2 aliphatic rings. The molecule has 1 aromatic rings. The van der Waals surface area contributed by atoms with Gasteiger partial charge in [-0.05, 0) is 43.7 Å². The Balaban J connectivity index is 1.79. The first-order valence-electron chi connectivity index (χ1n) is 9.36. The third kappa shape index (κ3) is 3.21. The van der Waals surface area contributed by atoms with Gasteiger partial charge in [-0.25, -0.2) is 4.79 Å². The number of benzene rings is 1. The van der Waals surface area contributed by atoms with Gasteiger partial charge in [-0.2, -0.15) is 0 Å². The maximum absolute atomic E-state index is 12.9. The molecule has 2 N–H and O–H groups in total. The normalized spacial score (nSPS) is 24.4. The molecule has 0 radical (unpaired) electrons. The summed E-state index contributed by atoms with van der Waals surface area (Å²) in [5.74, 6) is -1.05. The number of carbonyl (C=O) groups excluding carboxylic acids is 3. The predicted octanol–water partition coefficient (Wildman–Crippen LogP) is 2.65. The molecule has 9 heteroatoms. The predicted molar refractivity (Wildman–Crippen MR) is 102 cm³/mol. The van der Waals surface area contributed by atoms with Gasteiger partial charge < -0.3 is 10.6 Å². The molecule has 0 unspecified atom stereocenters. The summed E-state index contributed by atoms with van der Waals surface area (Å²) in [5, 5.41) is 16.6. The van der Waals surface area contributed by atoms with E-state index in [2.05, 4.69) is 10.6 Å². The van der Waals surface area contributed by atoms with Crippen LogP contribution in [0.4, 0.5) is 16.2 Å². The van der Waals surface area contributed by atoms with Gasteiger partial charge >= 0.3 is 6.03 Å². The minimum absolute atomic E-state index is 0.00846. The molecule has 1 heterocycles. The highest BCUT2D eigenvalue weighted by atomic mass is 16.6. The molecule has 28 heavy (non-hydrogen) atoms. The number of urea groups is 1. The van der Waals surface area contributed by atoms with Crippen LogP contribution in [0.25, 0.3) is 0 Å². The van der Waals surface area contributed by atoms with Gasteiger partial charge in [0.05, 0.1) is 4.92 Å². The number of nitrogens with one attached hydrogen (secondary N) is 2. The number of amides is 4. The van der Waals surface area contributed by atoms with Crippen LogP contribution in [0.2, 0.25) is 0 Å². The monoisotopic (exact) mass is 388 g/mol. The Kier molecular flexibility index (Phi) is 5.10. The van der Waals surface area contributed by atoms with E-state index in [1.807, 2.05) is 6.92 Å². The molecule has 0 aromatic heterocycles. The van der Waals surface area contributed by atoms with Gasteiger partial charge in [-0.1, -0.05) is 25.8 Å². The lowest BCUT2D eigenvalue weighted by Crippen LogP contribution is -2.54. The number of rotatable bonds is 4. The van der Waals surface area contributed by atoms with Crippen molar-refractivity contribution in [1.29, 1.82) is 0 Å². The van der Waals surface area contributed by atoms with Gasteiger partial charge in [0, 0.05) is 6.07 Å². The first kappa shape index (κ1) is 19.8. The number of anilines is 1. The summed E-state index contributed by atoms with van der Waals surface area (Å²) in [4.78, 5) is 49.5. The maximum atomic E-state index is 12.9. The Morgan fingerprint density at radius 1 is 1.36 bits per heavy atom. The highest BCUT2D eigenvalue weighted by Gasteiger charge is 2.55. The van der Waals surface area contributed by atoms with Crippen molar-refractivity contribution in [2.24, 2.45) is 5.92 Å². The van der Waals surface area contributed by atoms with Gasteiger partial charge in [0.2, 0.25) is 5.91 Å². The number of hydrogen-bond acceptors (Lipinski definition) is 5. The minimum Gasteiger partial charge on any atom is -0.323 e. The van der Waals surface area contributed by atoms with Crippen molar-refractivity contribution in [3.05, 3.63) is 33.4 Å². The van der Waals surface area contributed by atoms with E-state index in [4.69, 9.17) is 0 Å². The molecule has 1 spiro atoms. The Morgan fingerprint density at radius 3 is 2.71 bits per heavy atom. The number of nitrogens with zero attached hydrogens (tertiary/aromatic N) is 2. The molecule has 1 aliphatic carbocycles. The van der Waals surface area contributed by atoms with Crippen molar-refractivity contribution < 1.29 is 19.3 Å². The molecule has 4 amide bonds. The molecule has 1 saturated carbocycles. The fraction of sp³-hybridized carbons (Fsp3) is 0.526. The average molecular weight is 388 g/mol. The molecule has 1 aliphatic heterocycles. The van der Waals surface area contributed by atoms with E-state index in [1.54, 1.807) is 19.9 Å². The molecule has 1 saturated heterocycles. The number of nitro benzene ring substituents is 1. The van der Waals surface area contributed by atoms with Crippen molar-refractivity contribution in [2.75, 3.05) is 11.9 Å². The summed E-state index contributed by atoms with van der Waals surface area (Å²) in [6.45, 7) is 4.90. The average Bonchev–Trinajstić information content (AvgIpc) is 2.86. The van der Waals surface area contributed by atoms with Crippen LogP contribution in [0.3, 0.4) is 0 Å². The summed E-state index contributed by atoms with van der Waals surface area (Å²) < 4.78 is 0. The van der Waals surface area contributed by atoms with Crippen LogP contribution in [0.15, 0.2) is 12.1 Å². The van der Waals surface area contributed by atoms with Crippen LogP contribution in [-0.2, 0) is 9.59 Å². The van der Waals surface area contributed by atoms with Gasteiger partial charge in [0.15, 0.2) is 0 Å². The van der Waals surface area contributed by atoms with E-state index in [-0.39, 0.29) is 17.3 Å². The van der Waals surface area contributed by atoms with Gasteiger partial charge in [0.1, 0.15) is 17.8 Å². The standard InChI is InChI=1S/C19H24N4O5/c1-11-7-8-14(23(27)28)16(13(11)3)20-15(24)10-22-17(25)19(21-18(22)26)9-5-4-6-12(19)2/h7-8,12H,4-6,9-10H2,1-3H3,(H,20,24)(H,21,26)/t12-,19-/m0/s1. The highest BCUT2D eigenvalue weighted by molar-refractivity contribution is 6.10. The van der Waals surface area contributed by atoms with E-state index in [0.717, 1.165) is 29.7 Å². The van der Waals surface area contributed by atoms with Crippen molar-refractivity contribution in [2.45, 2.75) is 52.0 Å². The largest absolute Gasteiger partial charge is 0.325 e. The van der Waals surface area contributed by atoms with Crippen LogP contribution in [0.5, 0.6) is 0 Å². The molecule has 2 atom stereocenters. The lowest BCUT2D eigenvalue weighted by molar-refractivity contribution is -0.384. The summed E-state index contributed by atoms with van der Waals surface area (Å²) in [6.07, 6.45) is 3.23. The molecular formula is C19H24N4O5. The van der Waals surface area contributed by atoms with Crippen LogP contribution in [0, 0.1) is 29.9 Å². The molecule has 2 fully saturated rings. The number of hydrogen-bond donors (Lipinski definition) is 2. The molecule has 1 aromatic carbocycles. The number of aryl methyl sites for hydroxylation is 1. The van der Waals surface area contributed by atoms with Crippen LogP contribution in [-0.4, -0.2) is 39.8 Å². The molecule has 0 bridgehead atoms. The van der Waals surface area contributed by atoms with Crippen molar-refractivity contribution in [3.63, 3.8) is 0 Å². The van der Waals surface area contributed by atoms with E-state index >= 15 is 0 Å². The fourth-order valence-electron chi connectivity index (χ4n) is 4.07. The van der Waals surface area contributed by atoms with Crippen LogP contribution in [0.1, 0.15) is 43.7 Å². The zero-order valence-corrected chi connectivity index (χ0v) is 16.2. The van der Waals surface area contributed by atoms with E-state index < -0.39 is 34.9 Å². The lowest BCUT2D eigenvalue weighted by atomic mass is 9.73. The zero-order chi connectivity index (χ0) is 20.6. The summed E-state index contributed by atoms with van der Waals surface area (Å²) >= 11 is 0. The van der Waals surface area contributed by atoms with Crippen molar-refractivity contribution in [1.82, 2.24) is 10.2 Å². The maximum Gasteiger partial charge on any atom is 0.325 e. The molecule has 3 rings (SSSR count). The van der Waals surface area contributed by atoms with Crippen LogP contribution < -0.4 is 10.6 Å². The number of imide groups is 1. The first-order valence-corrected chi connectivity index (χ1v) is 9.36. The summed E-state index contributed by atoms with van der Waals surface area (Å²) in [6, 6.07) is 2.34. The summed E-state index contributed by atoms with van der Waals surface area (Å²) in [7, 11) is 0. The SMILES string of the molecule is Cc1ccc([N+](=O)[O-])c(NC(=O)CN2C(=O)N[C@]3(CCCC[C@@H]3C)C2=O)c1C. The smallest absolute Gasteiger partial charge is 0.323 e. The second kappa shape index (κ2) is 7.21. The molecular weight excluding hydrogens is 364 g/mol. The Bertz CT molecular complexity index is 868. The van der Waals surface area contributed by atoms with Gasteiger partial charge in [-0.15, -0.1) is 0 Å². The van der Waals surface area contributed by atoms with E-state index in [1.165, 1.54) is 6.07 Å². The van der Waals surface area contributed by atoms with Gasteiger partial charge in [-0.3, -0.25) is 24.6 Å². The number of nitro groups is 1. The van der Waals surface area contributed by atoms with Crippen molar-refractivity contribution in [3.8, 4) is 0 Å². The highest BCUT2D eigenvalue weighted by Crippen LogP contribution is 2.38. The molecule has 150 valence electrons. The zero-order valence-electron chi connectivity index (χ0n) is 16.2.